The Morgan fingerprint density at radius 2 is 2.31 bits per heavy atom. The van der Waals surface area contributed by atoms with Gasteiger partial charge < -0.3 is 10.1 Å². The highest BCUT2D eigenvalue weighted by Crippen LogP contribution is 2.25. The van der Waals surface area contributed by atoms with Crippen molar-refractivity contribution >= 4 is 11.8 Å². The van der Waals surface area contributed by atoms with Crippen LogP contribution < -0.4 is 5.32 Å². The number of alkyl carbamates (subject to hydrolysis) is 1. The van der Waals surface area contributed by atoms with Crippen LogP contribution in [0, 0.1) is 15.9 Å². The van der Waals surface area contributed by atoms with Gasteiger partial charge in [-0.15, -0.1) is 0 Å². The van der Waals surface area contributed by atoms with Gasteiger partial charge in [-0.2, -0.15) is 0 Å². The number of amides is 1. The Hall–Kier alpha value is -2.18. The second-order valence-corrected chi connectivity index (χ2v) is 3.26. The lowest BCUT2D eigenvalue weighted by molar-refractivity contribution is -0.385. The van der Waals surface area contributed by atoms with Crippen molar-refractivity contribution in [2.75, 3.05) is 6.61 Å². The molecule has 0 aromatic heterocycles. The van der Waals surface area contributed by atoms with Gasteiger partial charge in [0, 0.05) is 17.7 Å². The molecule has 0 saturated carbocycles. The first-order chi connectivity index (χ1) is 7.58. The number of rotatable bonds is 2. The van der Waals surface area contributed by atoms with E-state index in [-0.39, 0.29) is 17.9 Å². The molecule has 1 aromatic carbocycles. The summed E-state index contributed by atoms with van der Waals surface area (Å²) in [6.45, 7) is -0.0308. The van der Waals surface area contributed by atoms with Crippen LogP contribution in [0.25, 0.3) is 0 Å². The molecule has 1 fully saturated rings. The molecule has 0 bridgehead atoms. The maximum atomic E-state index is 13.4. The second-order valence-electron chi connectivity index (χ2n) is 3.26. The molecule has 1 atom stereocenters. The van der Waals surface area contributed by atoms with E-state index in [1.54, 1.807) is 0 Å². The summed E-state index contributed by atoms with van der Waals surface area (Å²) in [6.07, 6.45) is -0.657. The molecule has 84 valence electrons. The van der Waals surface area contributed by atoms with E-state index in [0.717, 1.165) is 18.2 Å². The Labute approximate surface area is 89.2 Å². The highest BCUT2D eigenvalue weighted by atomic mass is 19.1. The molecule has 1 amide bonds. The average Bonchev–Trinajstić information content (AvgIpc) is 2.65. The van der Waals surface area contributed by atoms with Gasteiger partial charge in [-0.3, -0.25) is 10.1 Å². The first-order valence-electron chi connectivity index (χ1n) is 4.45. The number of ether oxygens (including phenoxy) is 1. The minimum atomic E-state index is -0.674. The molecule has 0 aliphatic carbocycles. The van der Waals surface area contributed by atoms with E-state index >= 15 is 0 Å². The predicted molar refractivity (Wildman–Crippen MR) is 50.3 cm³/mol. The van der Waals surface area contributed by atoms with Crippen LogP contribution in [0.5, 0.6) is 0 Å². The molecule has 1 aromatic rings. The molecule has 1 aliphatic heterocycles. The topological polar surface area (TPSA) is 81.5 Å². The van der Waals surface area contributed by atoms with Gasteiger partial charge in [-0.1, -0.05) is 0 Å². The minimum absolute atomic E-state index is 0.0308. The number of non-ortho nitro benzene ring substituents is 1. The highest BCUT2D eigenvalue weighted by Gasteiger charge is 2.27. The number of hydrogen-bond acceptors (Lipinski definition) is 4. The normalized spacial score (nSPS) is 19.1. The molecule has 2 rings (SSSR count). The number of hydrogen-bond donors (Lipinski definition) is 1. The molecule has 0 radical (unpaired) electrons. The Morgan fingerprint density at radius 3 is 2.88 bits per heavy atom. The number of benzene rings is 1. The zero-order valence-corrected chi connectivity index (χ0v) is 7.97. The number of cyclic esters (lactones) is 1. The van der Waals surface area contributed by atoms with Gasteiger partial charge in [0.05, 0.1) is 11.0 Å². The summed E-state index contributed by atoms with van der Waals surface area (Å²) in [6, 6.07) is 2.48. The van der Waals surface area contributed by atoms with Crippen LogP contribution in [-0.4, -0.2) is 17.6 Å². The molecule has 16 heavy (non-hydrogen) atoms. The van der Waals surface area contributed by atoms with Gasteiger partial charge in [0.15, 0.2) is 0 Å². The van der Waals surface area contributed by atoms with Crippen LogP contribution in [0.4, 0.5) is 14.9 Å². The van der Waals surface area contributed by atoms with Crippen LogP contribution >= 0.6 is 0 Å². The van der Waals surface area contributed by atoms with Crippen LogP contribution in [-0.2, 0) is 4.74 Å². The zero-order valence-electron chi connectivity index (χ0n) is 7.97. The van der Waals surface area contributed by atoms with Crippen molar-refractivity contribution < 1.29 is 18.8 Å². The lowest BCUT2D eigenvalue weighted by Crippen LogP contribution is -2.19. The third-order valence-electron chi connectivity index (χ3n) is 2.24. The number of nitrogens with zero attached hydrogens (tertiary/aromatic N) is 1. The van der Waals surface area contributed by atoms with Crippen molar-refractivity contribution in [3.05, 3.63) is 39.7 Å². The molecular formula is C9H7FN2O4. The molecule has 1 heterocycles. The number of nitro benzene ring substituents is 1. The van der Waals surface area contributed by atoms with Crippen molar-refractivity contribution in [1.29, 1.82) is 0 Å². The maximum Gasteiger partial charge on any atom is 0.407 e. The van der Waals surface area contributed by atoms with Gasteiger partial charge >= 0.3 is 6.09 Å². The maximum absolute atomic E-state index is 13.4. The summed E-state index contributed by atoms with van der Waals surface area (Å²) >= 11 is 0. The van der Waals surface area contributed by atoms with Crippen LogP contribution in [0.1, 0.15) is 11.6 Å². The Morgan fingerprint density at radius 1 is 1.56 bits per heavy atom. The monoisotopic (exact) mass is 226 g/mol. The zero-order chi connectivity index (χ0) is 11.7. The smallest absolute Gasteiger partial charge is 0.407 e. The lowest BCUT2D eigenvalue weighted by Gasteiger charge is -2.08. The predicted octanol–water partition coefficient (Wildman–Crippen LogP) is 1.51. The third kappa shape index (κ3) is 1.79. The summed E-state index contributed by atoms with van der Waals surface area (Å²) in [5.74, 6) is -0.610. The van der Waals surface area contributed by atoms with Crippen LogP contribution in [0.3, 0.4) is 0 Å². The quantitative estimate of drug-likeness (QED) is 0.612. The number of nitrogens with one attached hydrogen (secondary N) is 1. The first-order valence-corrected chi connectivity index (χ1v) is 4.45. The van der Waals surface area contributed by atoms with E-state index in [9.17, 15) is 19.3 Å². The lowest BCUT2D eigenvalue weighted by atomic mass is 10.1. The van der Waals surface area contributed by atoms with Gasteiger partial charge in [-0.25, -0.2) is 9.18 Å². The van der Waals surface area contributed by atoms with Crippen molar-refractivity contribution in [1.82, 2.24) is 5.32 Å². The average molecular weight is 226 g/mol. The summed E-state index contributed by atoms with van der Waals surface area (Å²) in [7, 11) is 0. The van der Waals surface area contributed by atoms with Gasteiger partial charge in [0.25, 0.3) is 5.69 Å². The minimum Gasteiger partial charge on any atom is -0.447 e. The SMILES string of the molecule is O=C1NC(c2cc([N+](=O)[O-])ccc2F)CO1. The summed E-state index contributed by atoms with van der Waals surface area (Å²) in [4.78, 5) is 20.7. The number of nitro groups is 1. The molecule has 1 saturated heterocycles. The van der Waals surface area contributed by atoms with Crippen LogP contribution in [0.15, 0.2) is 18.2 Å². The standard InChI is InChI=1S/C9H7FN2O4/c10-7-2-1-5(12(14)15)3-6(7)8-4-16-9(13)11-8/h1-3,8H,4H2,(H,11,13). The van der Waals surface area contributed by atoms with Gasteiger partial charge in [-0.05, 0) is 6.07 Å². The van der Waals surface area contributed by atoms with Gasteiger partial charge in [0.2, 0.25) is 0 Å². The Bertz CT molecular complexity index is 463. The summed E-state index contributed by atoms with van der Waals surface area (Å²) < 4.78 is 18.0. The van der Waals surface area contributed by atoms with Crippen LogP contribution in [0.2, 0.25) is 0 Å². The van der Waals surface area contributed by atoms with Gasteiger partial charge in [0.1, 0.15) is 12.4 Å². The largest absolute Gasteiger partial charge is 0.447 e. The van der Waals surface area contributed by atoms with Crippen molar-refractivity contribution in [2.24, 2.45) is 0 Å². The molecule has 1 unspecified atom stereocenters. The first kappa shape index (κ1) is 10.3. The summed E-state index contributed by atoms with van der Waals surface area (Å²) in [5.41, 5.74) is -0.169. The molecular weight excluding hydrogens is 219 g/mol. The fraction of sp³-hybridized carbons (Fsp3) is 0.222. The van der Waals surface area contributed by atoms with E-state index in [0.29, 0.717) is 0 Å². The number of halogens is 1. The second kappa shape index (κ2) is 3.76. The van der Waals surface area contributed by atoms with E-state index < -0.39 is 22.9 Å². The van der Waals surface area contributed by atoms with E-state index in [1.165, 1.54) is 0 Å². The third-order valence-corrected chi connectivity index (χ3v) is 2.24. The fourth-order valence-corrected chi connectivity index (χ4v) is 1.46. The van der Waals surface area contributed by atoms with E-state index in [4.69, 9.17) is 0 Å². The van der Waals surface area contributed by atoms with E-state index in [2.05, 4.69) is 10.1 Å². The fourth-order valence-electron chi connectivity index (χ4n) is 1.46. The molecule has 7 heteroatoms. The molecule has 0 spiro atoms. The molecule has 1 aliphatic rings. The summed E-state index contributed by atoms with van der Waals surface area (Å²) in [5, 5.41) is 12.9. The Balaban J connectivity index is 2.35. The Kier molecular flexibility index (Phi) is 2.43. The number of carbonyl (C=O) groups excluding carboxylic acids is 1. The molecule has 1 N–H and O–H groups in total. The van der Waals surface area contributed by atoms with Crippen molar-refractivity contribution in [3.63, 3.8) is 0 Å². The number of carbonyl (C=O) groups is 1. The highest BCUT2D eigenvalue weighted by molar-refractivity contribution is 5.70. The molecule has 6 nitrogen and oxygen atoms in total. The van der Waals surface area contributed by atoms with Crippen molar-refractivity contribution in [3.8, 4) is 0 Å². The van der Waals surface area contributed by atoms with Crippen molar-refractivity contribution in [2.45, 2.75) is 6.04 Å². The van der Waals surface area contributed by atoms with E-state index in [1.807, 2.05) is 0 Å².